The van der Waals surface area contributed by atoms with Gasteiger partial charge in [0.25, 0.3) is 0 Å². The normalized spacial score (nSPS) is 18.9. The molecule has 0 radical (unpaired) electrons. The third-order valence-corrected chi connectivity index (χ3v) is 2.59. The SMILES string of the molecule is CC(C)CN(CC(C)C(=O)O)C1CC1. The summed E-state index contributed by atoms with van der Waals surface area (Å²) in [7, 11) is 0. The van der Waals surface area contributed by atoms with Gasteiger partial charge >= 0.3 is 5.97 Å². The summed E-state index contributed by atoms with van der Waals surface area (Å²) < 4.78 is 0. The third-order valence-electron chi connectivity index (χ3n) is 2.59. The number of carboxylic acids is 1. The lowest BCUT2D eigenvalue weighted by Crippen LogP contribution is -2.36. The van der Waals surface area contributed by atoms with Crippen LogP contribution < -0.4 is 0 Å². The summed E-state index contributed by atoms with van der Waals surface area (Å²) in [5, 5.41) is 8.84. The average Bonchev–Trinajstić information content (AvgIpc) is 2.83. The molecule has 1 rings (SSSR count). The van der Waals surface area contributed by atoms with Crippen molar-refractivity contribution in [1.29, 1.82) is 0 Å². The number of hydrogen-bond acceptors (Lipinski definition) is 2. The van der Waals surface area contributed by atoms with E-state index in [1.54, 1.807) is 6.92 Å². The van der Waals surface area contributed by atoms with Crippen LogP contribution in [0.25, 0.3) is 0 Å². The maximum atomic E-state index is 10.7. The highest BCUT2D eigenvalue weighted by molar-refractivity contribution is 5.69. The molecule has 1 aliphatic carbocycles. The summed E-state index contributed by atoms with van der Waals surface area (Å²) in [6.07, 6.45) is 2.50. The second-order valence-corrected chi connectivity index (χ2v) is 4.82. The van der Waals surface area contributed by atoms with Gasteiger partial charge in [-0.2, -0.15) is 0 Å². The van der Waals surface area contributed by atoms with Crippen molar-refractivity contribution >= 4 is 5.97 Å². The second kappa shape index (κ2) is 4.78. The fourth-order valence-electron chi connectivity index (χ4n) is 1.71. The predicted molar refractivity (Wildman–Crippen MR) is 56.2 cm³/mol. The van der Waals surface area contributed by atoms with Gasteiger partial charge in [0.05, 0.1) is 5.92 Å². The summed E-state index contributed by atoms with van der Waals surface area (Å²) in [5.74, 6) is -0.301. The lowest BCUT2D eigenvalue weighted by atomic mass is 10.1. The molecule has 1 aliphatic rings. The zero-order chi connectivity index (χ0) is 10.7. The van der Waals surface area contributed by atoms with Crippen molar-refractivity contribution in [2.24, 2.45) is 11.8 Å². The largest absolute Gasteiger partial charge is 0.481 e. The van der Waals surface area contributed by atoms with Gasteiger partial charge in [0.15, 0.2) is 0 Å². The van der Waals surface area contributed by atoms with Gasteiger partial charge in [-0.15, -0.1) is 0 Å². The van der Waals surface area contributed by atoms with E-state index in [2.05, 4.69) is 18.7 Å². The van der Waals surface area contributed by atoms with Crippen LogP contribution in [0.15, 0.2) is 0 Å². The van der Waals surface area contributed by atoms with Crippen molar-refractivity contribution in [2.45, 2.75) is 39.7 Å². The summed E-state index contributed by atoms with van der Waals surface area (Å²) in [6, 6.07) is 0.666. The van der Waals surface area contributed by atoms with E-state index in [0.29, 0.717) is 18.5 Å². The molecule has 1 atom stereocenters. The van der Waals surface area contributed by atoms with Crippen LogP contribution in [0.3, 0.4) is 0 Å². The van der Waals surface area contributed by atoms with Gasteiger partial charge in [-0.05, 0) is 18.8 Å². The number of carboxylic acid groups (broad SMARTS) is 1. The van der Waals surface area contributed by atoms with Gasteiger partial charge in [0.1, 0.15) is 0 Å². The second-order valence-electron chi connectivity index (χ2n) is 4.82. The number of aliphatic carboxylic acids is 1. The van der Waals surface area contributed by atoms with Gasteiger partial charge in [0.2, 0.25) is 0 Å². The Labute approximate surface area is 86.1 Å². The maximum Gasteiger partial charge on any atom is 0.307 e. The van der Waals surface area contributed by atoms with E-state index in [9.17, 15) is 4.79 Å². The van der Waals surface area contributed by atoms with E-state index in [1.807, 2.05) is 0 Å². The molecule has 0 amide bonds. The zero-order valence-corrected chi connectivity index (χ0v) is 9.36. The standard InChI is InChI=1S/C11H21NO2/c1-8(2)6-12(10-4-5-10)7-9(3)11(13)14/h8-10H,4-7H2,1-3H3,(H,13,14). The topological polar surface area (TPSA) is 40.5 Å². The number of nitrogens with zero attached hydrogens (tertiary/aromatic N) is 1. The third kappa shape index (κ3) is 3.66. The molecule has 0 aromatic heterocycles. The Balaban J connectivity index is 2.38. The van der Waals surface area contributed by atoms with Crippen molar-refractivity contribution in [2.75, 3.05) is 13.1 Å². The van der Waals surface area contributed by atoms with Gasteiger partial charge in [-0.3, -0.25) is 9.69 Å². The summed E-state index contributed by atoms with van der Waals surface area (Å²) in [5.41, 5.74) is 0. The van der Waals surface area contributed by atoms with Crippen LogP contribution in [-0.4, -0.2) is 35.1 Å². The van der Waals surface area contributed by atoms with E-state index >= 15 is 0 Å². The van der Waals surface area contributed by atoms with Gasteiger partial charge < -0.3 is 5.11 Å². The molecule has 0 aromatic carbocycles. The minimum Gasteiger partial charge on any atom is -0.481 e. The molecule has 0 heterocycles. The Bertz CT molecular complexity index is 199. The summed E-state index contributed by atoms with van der Waals surface area (Å²) in [6.45, 7) is 7.89. The molecule has 1 fully saturated rings. The molecule has 0 saturated heterocycles. The Morgan fingerprint density at radius 1 is 1.36 bits per heavy atom. The van der Waals surface area contributed by atoms with E-state index in [4.69, 9.17) is 5.11 Å². The number of carbonyl (C=O) groups is 1. The first-order valence-corrected chi connectivity index (χ1v) is 5.47. The molecule has 3 nitrogen and oxygen atoms in total. The Kier molecular flexibility index (Phi) is 3.93. The first-order valence-electron chi connectivity index (χ1n) is 5.47. The quantitative estimate of drug-likeness (QED) is 0.709. The van der Waals surface area contributed by atoms with Crippen LogP contribution >= 0.6 is 0 Å². The van der Waals surface area contributed by atoms with E-state index in [0.717, 1.165) is 6.54 Å². The molecule has 3 heteroatoms. The first-order chi connectivity index (χ1) is 6.50. The van der Waals surface area contributed by atoms with Crippen LogP contribution in [0, 0.1) is 11.8 Å². The summed E-state index contributed by atoms with van der Waals surface area (Å²) >= 11 is 0. The van der Waals surface area contributed by atoms with Crippen LogP contribution in [0.2, 0.25) is 0 Å². The van der Waals surface area contributed by atoms with Gasteiger partial charge in [0, 0.05) is 19.1 Å². The Morgan fingerprint density at radius 3 is 2.29 bits per heavy atom. The van der Waals surface area contributed by atoms with Crippen molar-refractivity contribution in [3.63, 3.8) is 0 Å². The lowest BCUT2D eigenvalue weighted by molar-refractivity contribution is -0.141. The predicted octanol–water partition coefficient (Wildman–Crippen LogP) is 1.83. The molecular formula is C11H21NO2. The fourth-order valence-corrected chi connectivity index (χ4v) is 1.71. The first kappa shape index (κ1) is 11.5. The molecule has 0 spiro atoms. The average molecular weight is 199 g/mol. The molecule has 82 valence electrons. The fraction of sp³-hybridized carbons (Fsp3) is 0.909. The van der Waals surface area contributed by atoms with Crippen molar-refractivity contribution in [3.05, 3.63) is 0 Å². The molecule has 0 aliphatic heterocycles. The molecule has 0 aromatic rings. The highest BCUT2D eigenvalue weighted by atomic mass is 16.4. The number of hydrogen-bond donors (Lipinski definition) is 1. The molecular weight excluding hydrogens is 178 g/mol. The maximum absolute atomic E-state index is 10.7. The molecule has 14 heavy (non-hydrogen) atoms. The van der Waals surface area contributed by atoms with E-state index < -0.39 is 5.97 Å². The van der Waals surface area contributed by atoms with Crippen molar-refractivity contribution < 1.29 is 9.90 Å². The highest BCUT2D eigenvalue weighted by Gasteiger charge is 2.31. The van der Waals surface area contributed by atoms with Crippen LogP contribution in [0.5, 0.6) is 0 Å². The zero-order valence-electron chi connectivity index (χ0n) is 9.36. The highest BCUT2D eigenvalue weighted by Crippen LogP contribution is 2.28. The van der Waals surface area contributed by atoms with Crippen LogP contribution in [-0.2, 0) is 4.79 Å². The minimum atomic E-state index is -0.681. The van der Waals surface area contributed by atoms with Crippen LogP contribution in [0.4, 0.5) is 0 Å². The lowest BCUT2D eigenvalue weighted by Gasteiger charge is -2.25. The van der Waals surface area contributed by atoms with Crippen LogP contribution in [0.1, 0.15) is 33.6 Å². The monoisotopic (exact) mass is 199 g/mol. The van der Waals surface area contributed by atoms with Crippen molar-refractivity contribution in [1.82, 2.24) is 4.90 Å². The molecule has 1 unspecified atom stereocenters. The molecule has 0 bridgehead atoms. The molecule has 1 N–H and O–H groups in total. The van der Waals surface area contributed by atoms with E-state index in [1.165, 1.54) is 12.8 Å². The van der Waals surface area contributed by atoms with E-state index in [-0.39, 0.29) is 5.92 Å². The van der Waals surface area contributed by atoms with Gasteiger partial charge in [-0.25, -0.2) is 0 Å². The smallest absolute Gasteiger partial charge is 0.307 e. The minimum absolute atomic E-state index is 0.241. The Hall–Kier alpha value is -0.570. The Morgan fingerprint density at radius 2 is 1.93 bits per heavy atom. The number of rotatable bonds is 6. The van der Waals surface area contributed by atoms with Crippen molar-refractivity contribution in [3.8, 4) is 0 Å². The summed E-state index contributed by atoms with van der Waals surface area (Å²) in [4.78, 5) is 13.1. The van der Waals surface area contributed by atoms with Gasteiger partial charge in [-0.1, -0.05) is 20.8 Å². The molecule has 1 saturated carbocycles.